The van der Waals surface area contributed by atoms with Gasteiger partial charge in [0.2, 0.25) is 0 Å². The highest BCUT2D eigenvalue weighted by molar-refractivity contribution is 6.04. The Kier molecular flexibility index (Phi) is 4.03. The molecule has 1 N–H and O–H groups in total. The second kappa shape index (κ2) is 5.74. The van der Waals surface area contributed by atoms with Crippen molar-refractivity contribution >= 4 is 17.4 Å². The molecule has 0 bridgehead atoms. The summed E-state index contributed by atoms with van der Waals surface area (Å²) in [6.07, 6.45) is 1.60. The lowest BCUT2D eigenvalue weighted by atomic mass is 10.1. The van der Waals surface area contributed by atoms with E-state index < -0.39 is 0 Å². The molecule has 0 atom stereocenters. The summed E-state index contributed by atoms with van der Waals surface area (Å²) in [5, 5.41) is 2.95. The standard InChI is InChI=1S/C16H19N3O/c1-11-6-5-7-12(2)15(11)18-16(20)13-8-9-14(17-10-13)19(3)4/h5-10H,1-4H3,(H,18,20). The predicted octanol–water partition coefficient (Wildman–Crippen LogP) is 3.02. The summed E-state index contributed by atoms with van der Waals surface area (Å²) in [4.78, 5) is 18.4. The fraction of sp³-hybridized carbons (Fsp3) is 0.250. The van der Waals surface area contributed by atoms with Gasteiger partial charge in [0.1, 0.15) is 5.82 Å². The van der Waals surface area contributed by atoms with Crippen molar-refractivity contribution in [3.05, 3.63) is 53.2 Å². The van der Waals surface area contributed by atoms with Gasteiger partial charge in [-0.3, -0.25) is 4.79 Å². The van der Waals surface area contributed by atoms with Crippen molar-refractivity contribution in [2.24, 2.45) is 0 Å². The maximum absolute atomic E-state index is 12.2. The molecule has 0 aliphatic heterocycles. The molecular formula is C16H19N3O. The number of aromatic nitrogens is 1. The molecule has 2 aromatic rings. The van der Waals surface area contributed by atoms with Crippen molar-refractivity contribution in [2.75, 3.05) is 24.3 Å². The van der Waals surface area contributed by atoms with Crippen LogP contribution >= 0.6 is 0 Å². The van der Waals surface area contributed by atoms with Gasteiger partial charge in [-0.15, -0.1) is 0 Å². The number of para-hydroxylation sites is 1. The minimum atomic E-state index is -0.139. The van der Waals surface area contributed by atoms with E-state index in [0.717, 1.165) is 22.6 Å². The Bertz CT molecular complexity index is 598. The molecule has 0 spiro atoms. The van der Waals surface area contributed by atoms with Crippen LogP contribution in [0, 0.1) is 13.8 Å². The average Bonchev–Trinajstić information content (AvgIpc) is 2.43. The summed E-state index contributed by atoms with van der Waals surface area (Å²) in [5.41, 5.74) is 3.53. The van der Waals surface area contributed by atoms with Gasteiger partial charge in [0.25, 0.3) is 5.91 Å². The van der Waals surface area contributed by atoms with E-state index in [9.17, 15) is 4.79 Å². The zero-order valence-electron chi connectivity index (χ0n) is 12.3. The quantitative estimate of drug-likeness (QED) is 0.931. The third kappa shape index (κ3) is 2.96. The van der Waals surface area contributed by atoms with E-state index in [1.54, 1.807) is 12.3 Å². The van der Waals surface area contributed by atoms with Crippen LogP contribution in [-0.4, -0.2) is 25.0 Å². The molecule has 2 rings (SSSR count). The molecule has 1 aromatic carbocycles. The third-order valence-electron chi connectivity index (χ3n) is 3.19. The zero-order chi connectivity index (χ0) is 14.7. The van der Waals surface area contributed by atoms with E-state index in [1.165, 1.54) is 0 Å². The second-order valence-electron chi connectivity index (χ2n) is 5.02. The molecule has 1 heterocycles. The van der Waals surface area contributed by atoms with Gasteiger partial charge in [-0.2, -0.15) is 0 Å². The Labute approximate surface area is 119 Å². The number of carbonyl (C=O) groups is 1. The Hall–Kier alpha value is -2.36. The van der Waals surface area contributed by atoms with Crippen molar-refractivity contribution < 1.29 is 4.79 Å². The number of amides is 1. The highest BCUT2D eigenvalue weighted by Crippen LogP contribution is 2.20. The minimum Gasteiger partial charge on any atom is -0.363 e. The van der Waals surface area contributed by atoms with E-state index in [1.807, 2.05) is 57.1 Å². The highest BCUT2D eigenvalue weighted by Gasteiger charge is 2.10. The van der Waals surface area contributed by atoms with Gasteiger partial charge in [-0.25, -0.2) is 4.98 Å². The largest absolute Gasteiger partial charge is 0.363 e. The third-order valence-corrected chi connectivity index (χ3v) is 3.19. The molecular weight excluding hydrogens is 250 g/mol. The lowest BCUT2D eigenvalue weighted by Gasteiger charge is -2.13. The number of pyridine rings is 1. The topological polar surface area (TPSA) is 45.2 Å². The van der Waals surface area contributed by atoms with Crippen LogP contribution in [-0.2, 0) is 0 Å². The Morgan fingerprint density at radius 3 is 2.25 bits per heavy atom. The van der Waals surface area contributed by atoms with Gasteiger partial charge < -0.3 is 10.2 Å². The first-order valence-electron chi connectivity index (χ1n) is 6.50. The number of nitrogens with zero attached hydrogens (tertiary/aromatic N) is 2. The van der Waals surface area contributed by atoms with Crippen molar-refractivity contribution in [2.45, 2.75) is 13.8 Å². The number of hydrogen-bond acceptors (Lipinski definition) is 3. The number of nitrogens with one attached hydrogen (secondary N) is 1. The fourth-order valence-corrected chi connectivity index (χ4v) is 1.98. The lowest BCUT2D eigenvalue weighted by Crippen LogP contribution is -2.15. The van der Waals surface area contributed by atoms with Gasteiger partial charge in [0, 0.05) is 26.0 Å². The number of anilines is 2. The van der Waals surface area contributed by atoms with Crippen LogP contribution in [0.4, 0.5) is 11.5 Å². The number of aryl methyl sites for hydroxylation is 2. The van der Waals surface area contributed by atoms with Crippen LogP contribution in [0.25, 0.3) is 0 Å². The molecule has 1 aromatic heterocycles. The number of carbonyl (C=O) groups excluding carboxylic acids is 1. The maximum atomic E-state index is 12.2. The van der Waals surface area contributed by atoms with Crippen molar-refractivity contribution in [3.63, 3.8) is 0 Å². The van der Waals surface area contributed by atoms with Crippen molar-refractivity contribution in [1.29, 1.82) is 0 Å². The average molecular weight is 269 g/mol. The number of rotatable bonds is 3. The molecule has 0 aliphatic carbocycles. The zero-order valence-corrected chi connectivity index (χ0v) is 12.3. The van der Waals surface area contributed by atoms with E-state index in [4.69, 9.17) is 0 Å². The summed E-state index contributed by atoms with van der Waals surface area (Å²) >= 11 is 0. The van der Waals surface area contributed by atoms with Gasteiger partial charge in [-0.05, 0) is 37.1 Å². The monoisotopic (exact) mass is 269 g/mol. The van der Waals surface area contributed by atoms with E-state index in [-0.39, 0.29) is 5.91 Å². The smallest absolute Gasteiger partial charge is 0.257 e. The Morgan fingerprint density at radius 2 is 1.75 bits per heavy atom. The van der Waals surface area contributed by atoms with E-state index in [0.29, 0.717) is 5.56 Å². The molecule has 0 aliphatic rings. The maximum Gasteiger partial charge on any atom is 0.257 e. The first-order chi connectivity index (χ1) is 9.49. The van der Waals surface area contributed by atoms with Crippen molar-refractivity contribution in [3.8, 4) is 0 Å². The molecule has 20 heavy (non-hydrogen) atoms. The Balaban J connectivity index is 2.20. The minimum absolute atomic E-state index is 0.139. The molecule has 0 saturated heterocycles. The number of hydrogen-bond donors (Lipinski definition) is 1. The Morgan fingerprint density at radius 1 is 1.10 bits per heavy atom. The highest BCUT2D eigenvalue weighted by atomic mass is 16.1. The first kappa shape index (κ1) is 14.1. The van der Waals surface area contributed by atoms with Crippen LogP contribution in [0.5, 0.6) is 0 Å². The predicted molar refractivity (Wildman–Crippen MR) is 82.4 cm³/mol. The van der Waals surface area contributed by atoms with Crippen LogP contribution in [0.2, 0.25) is 0 Å². The molecule has 0 radical (unpaired) electrons. The molecule has 4 nitrogen and oxygen atoms in total. The summed E-state index contributed by atoms with van der Waals surface area (Å²) in [6, 6.07) is 9.56. The van der Waals surface area contributed by atoms with Gasteiger partial charge in [-0.1, -0.05) is 18.2 Å². The summed E-state index contributed by atoms with van der Waals surface area (Å²) in [6.45, 7) is 3.96. The summed E-state index contributed by atoms with van der Waals surface area (Å²) in [5.74, 6) is 0.689. The normalized spacial score (nSPS) is 10.2. The molecule has 0 unspecified atom stereocenters. The first-order valence-corrected chi connectivity index (χ1v) is 6.50. The van der Waals surface area contributed by atoms with Gasteiger partial charge >= 0.3 is 0 Å². The fourth-order valence-electron chi connectivity index (χ4n) is 1.98. The van der Waals surface area contributed by atoms with Crippen LogP contribution < -0.4 is 10.2 Å². The molecule has 0 saturated carbocycles. The lowest BCUT2D eigenvalue weighted by molar-refractivity contribution is 0.102. The SMILES string of the molecule is Cc1cccc(C)c1NC(=O)c1ccc(N(C)C)nc1. The van der Waals surface area contributed by atoms with E-state index >= 15 is 0 Å². The molecule has 0 fully saturated rings. The van der Waals surface area contributed by atoms with Crippen molar-refractivity contribution in [1.82, 2.24) is 4.98 Å². The second-order valence-corrected chi connectivity index (χ2v) is 5.02. The summed E-state index contributed by atoms with van der Waals surface area (Å²) < 4.78 is 0. The molecule has 104 valence electrons. The molecule has 1 amide bonds. The van der Waals surface area contributed by atoms with Crippen LogP contribution in [0.3, 0.4) is 0 Å². The van der Waals surface area contributed by atoms with Gasteiger partial charge in [0.05, 0.1) is 5.56 Å². The van der Waals surface area contributed by atoms with Crippen LogP contribution in [0.15, 0.2) is 36.5 Å². The van der Waals surface area contributed by atoms with Crippen LogP contribution in [0.1, 0.15) is 21.5 Å². The van der Waals surface area contributed by atoms with Gasteiger partial charge in [0.15, 0.2) is 0 Å². The molecule has 4 heteroatoms. The number of benzene rings is 1. The van der Waals surface area contributed by atoms with E-state index in [2.05, 4.69) is 10.3 Å². The summed E-state index contributed by atoms with van der Waals surface area (Å²) in [7, 11) is 3.83.